The number of nitrogens with zero attached hydrogens (tertiary/aromatic N) is 3. The molecule has 112 valence electrons. The van der Waals surface area contributed by atoms with Crippen LogP contribution in [0.5, 0.6) is 0 Å². The molecule has 1 atom stereocenters. The maximum atomic E-state index is 12.3. The number of nitro groups is 1. The minimum absolute atomic E-state index is 0.160. The Balaban J connectivity index is 2.18. The quantitative estimate of drug-likeness (QED) is 0.584. The molecule has 21 heavy (non-hydrogen) atoms. The second kappa shape index (κ2) is 5.08. The van der Waals surface area contributed by atoms with Crippen molar-refractivity contribution in [3.05, 3.63) is 27.8 Å². The Morgan fingerprint density at radius 3 is 2.62 bits per heavy atom. The number of non-ortho nitro benzene ring substituents is 1. The van der Waals surface area contributed by atoms with E-state index in [1.165, 1.54) is 19.2 Å². The highest BCUT2D eigenvalue weighted by Gasteiger charge is 2.37. The number of fused-ring (bicyclic) bond motifs is 1. The van der Waals surface area contributed by atoms with Crippen molar-refractivity contribution in [1.29, 1.82) is 0 Å². The molecule has 0 saturated carbocycles. The molecule has 8 nitrogen and oxygen atoms in total. The largest absolute Gasteiger partial charge is 0.378 e. The molecule has 0 N–H and O–H groups in total. The third kappa shape index (κ3) is 2.18. The van der Waals surface area contributed by atoms with Crippen LogP contribution in [0.25, 0.3) is 0 Å². The zero-order valence-corrected chi connectivity index (χ0v) is 12.1. The minimum atomic E-state index is -1.69. The Labute approximate surface area is 123 Å². The van der Waals surface area contributed by atoms with E-state index < -0.39 is 15.9 Å². The van der Waals surface area contributed by atoms with Gasteiger partial charge in [0.05, 0.1) is 34.3 Å². The second-order valence-electron chi connectivity index (χ2n) is 4.75. The van der Waals surface area contributed by atoms with Gasteiger partial charge in [0.1, 0.15) is 0 Å². The van der Waals surface area contributed by atoms with Crippen molar-refractivity contribution in [1.82, 2.24) is 4.31 Å². The number of morpholine rings is 1. The van der Waals surface area contributed by atoms with Crippen LogP contribution in [0.2, 0.25) is 0 Å². The van der Waals surface area contributed by atoms with Gasteiger partial charge >= 0.3 is 0 Å². The van der Waals surface area contributed by atoms with Crippen LogP contribution in [-0.2, 0) is 15.7 Å². The molecule has 0 aliphatic carbocycles. The van der Waals surface area contributed by atoms with Gasteiger partial charge in [-0.15, -0.1) is 0 Å². The van der Waals surface area contributed by atoms with Crippen LogP contribution < -0.4 is 4.90 Å². The van der Waals surface area contributed by atoms with Crippen LogP contribution in [0.3, 0.4) is 0 Å². The van der Waals surface area contributed by atoms with Gasteiger partial charge in [-0.25, -0.2) is 4.21 Å². The Bertz CT molecular complexity index is 657. The Morgan fingerprint density at radius 1 is 1.33 bits per heavy atom. The average molecular weight is 311 g/mol. The fourth-order valence-corrected chi connectivity index (χ4v) is 3.60. The lowest BCUT2D eigenvalue weighted by Gasteiger charge is -2.29. The zero-order valence-electron chi connectivity index (χ0n) is 11.3. The van der Waals surface area contributed by atoms with Crippen molar-refractivity contribution in [3.63, 3.8) is 0 Å². The monoisotopic (exact) mass is 311 g/mol. The number of carbonyl (C=O) groups excluding carboxylic acids is 1. The number of rotatable bonds is 2. The summed E-state index contributed by atoms with van der Waals surface area (Å²) in [5.74, 6) is -0.375. The van der Waals surface area contributed by atoms with Gasteiger partial charge in [-0.2, -0.15) is 0 Å². The number of hydrogen-bond acceptors (Lipinski definition) is 6. The molecular formula is C12H13N3O5S. The van der Waals surface area contributed by atoms with E-state index in [0.717, 1.165) is 4.31 Å². The summed E-state index contributed by atoms with van der Waals surface area (Å²) >= 11 is 0. The summed E-state index contributed by atoms with van der Waals surface area (Å²) in [4.78, 5) is 24.9. The van der Waals surface area contributed by atoms with Crippen molar-refractivity contribution in [2.75, 3.05) is 38.3 Å². The summed E-state index contributed by atoms with van der Waals surface area (Å²) in [5, 5.41) is 11.1. The van der Waals surface area contributed by atoms with E-state index in [1.54, 1.807) is 0 Å². The predicted octanol–water partition coefficient (Wildman–Crippen LogP) is 0.540. The van der Waals surface area contributed by atoms with Crippen LogP contribution in [0, 0.1) is 10.1 Å². The van der Waals surface area contributed by atoms with Crippen molar-refractivity contribution >= 4 is 28.3 Å². The average Bonchev–Trinajstić information content (AvgIpc) is 2.72. The first-order chi connectivity index (χ1) is 10.0. The highest BCUT2D eigenvalue weighted by atomic mass is 32.2. The van der Waals surface area contributed by atoms with Crippen LogP contribution >= 0.6 is 0 Å². The molecule has 9 heteroatoms. The zero-order chi connectivity index (χ0) is 15.1. The molecule has 2 heterocycles. The third-order valence-corrected chi connectivity index (χ3v) is 4.93. The van der Waals surface area contributed by atoms with Crippen molar-refractivity contribution < 1.29 is 18.7 Å². The van der Waals surface area contributed by atoms with E-state index in [-0.39, 0.29) is 16.5 Å². The van der Waals surface area contributed by atoms with Crippen molar-refractivity contribution in [3.8, 4) is 0 Å². The number of hydrogen-bond donors (Lipinski definition) is 0. The lowest BCUT2D eigenvalue weighted by Crippen LogP contribution is -2.37. The maximum Gasteiger partial charge on any atom is 0.272 e. The fraction of sp³-hybridized carbons (Fsp3) is 0.417. The molecular weight excluding hydrogens is 298 g/mol. The molecule has 1 aromatic rings. The summed E-state index contributed by atoms with van der Waals surface area (Å²) in [6, 6.07) is 2.59. The van der Waals surface area contributed by atoms with E-state index in [4.69, 9.17) is 4.74 Å². The summed E-state index contributed by atoms with van der Waals surface area (Å²) in [5.41, 5.74) is 0.597. The summed E-state index contributed by atoms with van der Waals surface area (Å²) in [7, 11) is -0.269. The van der Waals surface area contributed by atoms with E-state index in [2.05, 4.69) is 0 Å². The number of carbonyl (C=O) groups is 1. The van der Waals surface area contributed by atoms with Gasteiger partial charge in [-0.3, -0.25) is 19.2 Å². The van der Waals surface area contributed by atoms with Crippen molar-refractivity contribution in [2.45, 2.75) is 4.90 Å². The van der Waals surface area contributed by atoms with Crippen molar-refractivity contribution in [2.24, 2.45) is 0 Å². The second-order valence-corrected chi connectivity index (χ2v) is 6.23. The summed E-state index contributed by atoms with van der Waals surface area (Å²) in [6.45, 7) is 2.06. The van der Waals surface area contributed by atoms with E-state index in [0.29, 0.717) is 37.6 Å². The van der Waals surface area contributed by atoms with Crippen LogP contribution in [0.4, 0.5) is 11.4 Å². The van der Waals surface area contributed by atoms with E-state index in [1.807, 2.05) is 4.90 Å². The molecule has 3 rings (SSSR count). The molecule has 0 radical (unpaired) electrons. The van der Waals surface area contributed by atoms with Gasteiger partial charge in [0.2, 0.25) is 0 Å². The Hall–Kier alpha value is -2.00. The van der Waals surface area contributed by atoms with Gasteiger partial charge in [0.15, 0.2) is 11.0 Å². The molecule has 1 unspecified atom stereocenters. The minimum Gasteiger partial charge on any atom is -0.378 e. The standard InChI is InChI=1S/C12H13N3O5S/c1-13-12(16)11-9(14-2-4-20-5-3-14)6-8(15(17)18)7-10(11)21(13)19/h6-7H,2-5H2,1H3. The molecule has 2 aliphatic rings. The molecule has 1 saturated heterocycles. The molecule has 1 aromatic carbocycles. The van der Waals surface area contributed by atoms with E-state index in [9.17, 15) is 19.1 Å². The van der Waals surface area contributed by atoms with Crippen LogP contribution in [-0.4, -0.2) is 52.7 Å². The number of benzene rings is 1. The first-order valence-corrected chi connectivity index (χ1v) is 7.46. The van der Waals surface area contributed by atoms with Gasteiger partial charge in [-0.05, 0) is 0 Å². The molecule has 1 amide bonds. The lowest BCUT2D eigenvalue weighted by atomic mass is 10.1. The number of ether oxygens (including phenoxy) is 1. The lowest BCUT2D eigenvalue weighted by molar-refractivity contribution is -0.385. The number of anilines is 1. The molecule has 1 fully saturated rings. The van der Waals surface area contributed by atoms with Crippen LogP contribution in [0.1, 0.15) is 10.4 Å². The topological polar surface area (TPSA) is 93.0 Å². The normalized spacial score (nSPS) is 21.6. The molecule has 0 bridgehead atoms. The highest BCUT2D eigenvalue weighted by Crippen LogP contribution is 2.37. The van der Waals surface area contributed by atoms with Gasteiger partial charge < -0.3 is 9.64 Å². The first-order valence-electron chi connectivity index (χ1n) is 6.36. The van der Waals surface area contributed by atoms with Crippen LogP contribution in [0.15, 0.2) is 17.0 Å². The van der Waals surface area contributed by atoms with Gasteiger partial charge in [-0.1, -0.05) is 0 Å². The molecule has 2 aliphatic heterocycles. The predicted molar refractivity (Wildman–Crippen MR) is 74.6 cm³/mol. The fourth-order valence-electron chi connectivity index (χ4n) is 2.48. The maximum absolute atomic E-state index is 12.3. The molecule has 0 spiro atoms. The first kappa shape index (κ1) is 14.0. The third-order valence-electron chi connectivity index (χ3n) is 3.57. The number of nitro benzene ring substituents is 1. The molecule has 0 aromatic heterocycles. The SMILES string of the molecule is CN1C(=O)c2c(N3CCOCC3)cc([N+](=O)[O-])cc2S1=O. The van der Waals surface area contributed by atoms with Gasteiger partial charge in [0.25, 0.3) is 11.6 Å². The Kier molecular flexibility index (Phi) is 3.38. The summed E-state index contributed by atoms with van der Waals surface area (Å²) in [6.07, 6.45) is 0. The summed E-state index contributed by atoms with van der Waals surface area (Å²) < 4.78 is 18.5. The van der Waals surface area contributed by atoms with Gasteiger partial charge in [0, 0.05) is 32.3 Å². The smallest absolute Gasteiger partial charge is 0.272 e. The highest BCUT2D eigenvalue weighted by molar-refractivity contribution is 7.84. The Morgan fingerprint density at radius 2 is 2.00 bits per heavy atom. The van der Waals surface area contributed by atoms with E-state index >= 15 is 0 Å². The number of amides is 1.